The molecule has 0 aliphatic heterocycles. The fourth-order valence-corrected chi connectivity index (χ4v) is 1.69. The average Bonchev–Trinajstić information content (AvgIpc) is 2.15. The third kappa shape index (κ3) is 2.20. The van der Waals surface area contributed by atoms with Gasteiger partial charge in [-0.1, -0.05) is 15.9 Å². The van der Waals surface area contributed by atoms with E-state index in [0.29, 0.717) is 0 Å². The highest BCUT2D eigenvalue weighted by atomic mass is 79.9. The molecule has 0 saturated carbocycles. The lowest BCUT2D eigenvalue weighted by molar-refractivity contribution is -0.387. The van der Waals surface area contributed by atoms with E-state index < -0.39 is 28.2 Å². The molecule has 1 aromatic heterocycles. The maximum atomic E-state index is 12.4. The first-order valence-corrected chi connectivity index (χ1v) is 4.84. The topological polar surface area (TPSA) is 76.0 Å². The first-order chi connectivity index (χ1) is 6.99. The molecule has 0 aromatic carbocycles. The standard InChI is InChI=1S/C7H5BrF2N2O3/c8-1-3-4(6(9)10)2-11-7(13)5(3)12(14)15/h2,6H,1H2,(H,11,13). The number of nitrogens with one attached hydrogen (secondary N) is 1. The molecule has 82 valence electrons. The van der Waals surface area contributed by atoms with Gasteiger partial charge < -0.3 is 4.98 Å². The van der Waals surface area contributed by atoms with E-state index in [9.17, 15) is 23.7 Å². The quantitative estimate of drug-likeness (QED) is 0.524. The summed E-state index contributed by atoms with van der Waals surface area (Å²) in [5.41, 5.74) is -2.67. The Morgan fingerprint density at radius 3 is 2.60 bits per heavy atom. The number of hydrogen-bond acceptors (Lipinski definition) is 3. The first-order valence-electron chi connectivity index (χ1n) is 3.72. The molecule has 0 fully saturated rings. The van der Waals surface area contributed by atoms with Crippen molar-refractivity contribution in [2.45, 2.75) is 11.8 Å². The summed E-state index contributed by atoms with van der Waals surface area (Å²) in [6, 6.07) is 0. The number of H-pyrrole nitrogens is 1. The minimum atomic E-state index is -2.87. The molecule has 1 rings (SSSR count). The van der Waals surface area contributed by atoms with Gasteiger partial charge in [-0.3, -0.25) is 14.9 Å². The highest BCUT2D eigenvalue weighted by Crippen LogP contribution is 2.28. The predicted molar refractivity (Wildman–Crippen MR) is 51.3 cm³/mol. The van der Waals surface area contributed by atoms with Gasteiger partial charge in [0.15, 0.2) is 0 Å². The second kappa shape index (κ2) is 4.47. The van der Waals surface area contributed by atoms with Crippen LogP contribution in [0.3, 0.4) is 0 Å². The van der Waals surface area contributed by atoms with Gasteiger partial charge in [0.1, 0.15) is 0 Å². The first kappa shape index (κ1) is 11.8. The van der Waals surface area contributed by atoms with Crippen molar-refractivity contribution >= 4 is 21.6 Å². The summed E-state index contributed by atoms with van der Waals surface area (Å²) in [6.45, 7) is 0. The molecule has 15 heavy (non-hydrogen) atoms. The SMILES string of the molecule is O=c1[nH]cc(C(F)F)c(CBr)c1[N+](=O)[O-]. The summed E-state index contributed by atoms with van der Waals surface area (Å²) in [5.74, 6) is 0. The van der Waals surface area contributed by atoms with Crippen LogP contribution in [0.4, 0.5) is 14.5 Å². The number of aromatic amines is 1. The molecule has 0 saturated heterocycles. The molecule has 1 N–H and O–H groups in total. The van der Waals surface area contributed by atoms with Gasteiger partial charge in [0.2, 0.25) is 0 Å². The van der Waals surface area contributed by atoms with E-state index in [1.165, 1.54) is 0 Å². The number of pyridine rings is 1. The van der Waals surface area contributed by atoms with Gasteiger partial charge in [0.25, 0.3) is 6.43 Å². The van der Waals surface area contributed by atoms with Crippen molar-refractivity contribution in [3.63, 3.8) is 0 Å². The normalized spacial score (nSPS) is 10.7. The number of alkyl halides is 3. The second-order valence-corrected chi connectivity index (χ2v) is 3.15. The summed E-state index contributed by atoms with van der Waals surface area (Å²) in [7, 11) is 0. The Bertz CT molecular complexity index is 446. The van der Waals surface area contributed by atoms with E-state index in [2.05, 4.69) is 15.9 Å². The number of nitro groups is 1. The highest BCUT2D eigenvalue weighted by molar-refractivity contribution is 9.08. The van der Waals surface area contributed by atoms with Crippen molar-refractivity contribution in [2.75, 3.05) is 0 Å². The van der Waals surface area contributed by atoms with Gasteiger partial charge in [0.05, 0.1) is 10.5 Å². The molecule has 0 spiro atoms. The van der Waals surface area contributed by atoms with E-state index in [-0.39, 0.29) is 10.9 Å². The predicted octanol–water partition coefficient (Wildman–Crippen LogP) is 2.12. The number of aromatic nitrogens is 1. The molecular formula is C7H5BrF2N2O3. The Hall–Kier alpha value is -1.31. The van der Waals surface area contributed by atoms with Crippen LogP contribution in [0.25, 0.3) is 0 Å². The summed E-state index contributed by atoms with van der Waals surface area (Å²) < 4.78 is 24.8. The third-order valence-corrected chi connectivity index (χ3v) is 2.32. The zero-order chi connectivity index (χ0) is 11.6. The monoisotopic (exact) mass is 282 g/mol. The molecule has 5 nitrogen and oxygen atoms in total. The van der Waals surface area contributed by atoms with E-state index in [1.807, 2.05) is 4.98 Å². The second-order valence-electron chi connectivity index (χ2n) is 2.59. The molecule has 0 atom stereocenters. The summed E-state index contributed by atoms with van der Waals surface area (Å²) in [5, 5.41) is 10.3. The molecule has 0 radical (unpaired) electrons. The number of rotatable bonds is 3. The molecule has 1 aromatic rings. The number of nitrogens with zero attached hydrogens (tertiary/aromatic N) is 1. The maximum absolute atomic E-state index is 12.4. The summed E-state index contributed by atoms with van der Waals surface area (Å²) in [4.78, 5) is 22.5. The van der Waals surface area contributed by atoms with E-state index >= 15 is 0 Å². The van der Waals surface area contributed by atoms with Crippen LogP contribution in [0, 0.1) is 10.1 Å². The molecular weight excluding hydrogens is 278 g/mol. The fraction of sp³-hybridized carbons (Fsp3) is 0.286. The fourth-order valence-electron chi connectivity index (χ4n) is 1.10. The van der Waals surface area contributed by atoms with E-state index in [0.717, 1.165) is 6.20 Å². The Balaban J connectivity index is 3.54. The van der Waals surface area contributed by atoms with Crippen molar-refractivity contribution in [3.8, 4) is 0 Å². The molecule has 0 aliphatic carbocycles. The lowest BCUT2D eigenvalue weighted by atomic mass is 10.1. The smallest absolute Gasteiger partial charge is 0.323 e. The highest BCUT2D eigenvalue weighted by Gasteiger charge is 2.25. The van der Waals surface area contributed by atoms with Gasteiger partial charge in [-0.2, -0.15) is 0 Å². The van der Waals surface area contributed by atoms with Gasteiger partial charge in [0, 0.05) is 17.1 Å². The van der Waals surface area contributed by atoms with Crippen LogP contribution < -0.4 is 5.56 Å². The lowest BCUT2D eigenvalue weighted by Gasteiger charge is -2.05. The lowest BCUT2D eigenvalue weighted by Crippen LogP contribution is -2.15. The van der Waals surface area contributed by atoms with Crippen LogP contribution in [-0.4, -0.2) is 9.91 Å². The molecule has 0 aliphatic rings. The van der Waals surface area contributed by atoms with Crippen molar-refractivity contribution < 1.29 is 13.7 Å². The van der Waals surface area contributed by atoms with Crippen molar-refractivity contribution in [1.29, 1.82) is 0 Å². The third-order valence-electron chi connectivity index (χ3n) is 1.76. The van der Waals surface area contributed by atoms with Crippen LogP contribution in [0.2, 0.25) is 0 Å². The van der Waals surface area contributed by atoms with E-state index in [1.54, 1.807) is 0 Å². The molecule has 0 unspecified atom stereocenters. The van der Waals surface area contributed by atoms with Crippen LogP contribution in [0.15, 0.2) is 11.0 Å². The zero-order valence-electron chi connectivity index (χ0n) is 7.17. The van der Waals surface area contributed by atoms with E-state index in [4.69, 9.17) is 0 Å². The minimum absolute atomic E-state index is 0.174. The molecule has 0 amide bonds. The Kier molecular flexibility index (Phi) is 3.51. The van der Waals surface area contributed by atoms with Crippen LogP contribution in [0.1, 0.15) is 17.6 Å². The van der Waals surface area contributed by atoms with Gasteiger partial charge in [-0.15, -0.1) is 0 Å². The van der Waals surface area contributed by atoms with Crippen molar-refractivity contribution in [3.05, 3.63) is 37.8 Å². The summed E-state index contributed by atoms with van der Waals surface area (Å²) >= 11 is 2.84. The minimum Gasteiger partial charge on any atom is -0.323 e. The van der Waals surface area contributed by atoms with Gasteiger partial charge >= 0.3 is 11.2 Å². The van der Waals surface area contributed by atoms with Crippen molar-refractivity contribution in [1.82, 2.24) is 4.98 Å². The largest absolute Gasteiger partial charge is 0.338 e. The van der Waals surface area contributed by atoms with Crippen LogP contribution >= 0.6 is 15.9 Å². The average molecular weight is 283 g/mol. The van der Waals surface area contributed by atoms with Gasteiger partial charge in [-0.25, -0.2) is 8.78 Å². The maximum Gasteiger partial charge on any atom is 0.338 e. The molecule has 0 bridgehead atoms. The van der Waals surface area contributed by atoms with Crippen LogP contribution in [0.5, 0.6) is 0 Å². The van der Waals surface area contributed by atoms with Crippen LogP contribution in [-0.2, 0) is 5.33 Å². The van der Waals surface area contributed by atoms with Crippen molar-refractivity contribution in [2.24, 2.45) is 0 Å². The van der Waals surface area contributed by atoms with Gasteiger partial charge in [-0.05, 0) is 0 Å². The zero-order valence-corrected chi connectivity index (χ0v) is 8.75. The Labute approximate surface area is 90.4 Å². The Morgan fingerprint density at radius 1 is 1.60 bits per heavy atom. The Morgan fingerprint density at radius 2 is 2.20 bits per heavy atom. The molecule has 8 heteroatoms. The number of hydrogen-bond donors (Lipinski definition) is 1. The summed E-state index contributed by atoms with van der Waals surface area (Å²) in [6.07, 6.45) is -2.08. The number of halogens is 3. The molecule has 1 heterocycles.